The van der Waals surface area contributed by atoms with Crippen molar-refractivity contribution < 1.29 is 61.5 Å². The molecule has 0 atom stereocenters. The van der Waals surface area contributed by atoms with Crippen LogP contribution in [0.25, 0.3) is 16.9 Å². The number of amides is 3. The lowest BCUT2D eigenvalue weighted by Crippen LogP contribution is -3.00. The third-order valence-electron chi connectivity index (χ3n) is 10.2. The van der Waals surface area contributed by atoms with E-state index in [1.807, 2.05) is 13.0 Å². The summed E-state index contributed by atoms with van der Waals surface area (Å²) in [5, 5.41) is 18.3. The molecule has 13 nitrogen and oxygen atoms in total. The summed E-state index contributed by atoms with van der Waals surface area (Å²) in [4.78, 5) is 47.3. The van der Waals surface area contributed by atoms with Gasteiger partial charge in [0.25, 0.3) is 5.91 Å². The molecule has 6 rings (SSSR count). The van der Waals surface area contributed by atoms with Crippen LogP contribution in [-0.2, 0) is 11.2 Å². The van der Waals surface area contributed by atoms with Crippen molar-refractivity contribution in [1.29, 1.82) is 0 Å². The fourth-order valence-electron chi connectivity index (χ4n) is 7.26. The summed E-state index contributed by atoms with van der Waals surface area (Å²) in [6, 6.07) is 8.18. The number of nitrogens with one attached hydrogen (secondary N) is 3. The molecule has 4 heterocycles. The van der Waals surface area contributed by atoms with Crippen LogP contribution >= 0.6 is 0 Å². The number of imidazole rings is 1. The van der Waals surface area contributed by atoms with Gasteiger partial charge in [0.15, 0.2) is 23.0 Å². The lowest BCUT2D eigenvalue weighted by Gasteiger charge is -2.46. The van der Waals surface area contributed by atoms with Crippen LogP contribution in [0.2, 0.25) is 0 Å². The van der Waals surface area contributed by atoms with Crippen molar-refractivity contribution in [3.05, 3.63) is 71.7 Å². The zero-order valence-electron chi connectivity index (χ0n) is 30.0. The Labute approximate surface area is 323 Å². The van der Waals surface area contributed by atoms with Crippen LogP contribution < -0.4 is 44.7 Å². The van der Waals surface area contributed by atoms with Gasteiger partial charge in [0.2, 0.25) is 11.7 Å². The van der Waals surface area contributed by atoms with Gasteiger partial charge in [-0.05, 0) is 48.7 Å². The number of rotatable bonds is 13. The van der Waals surface area contributed by atoms with E-state index in [2.05, 4.69) is 33.0 Å². The maximum atomic E-state index is 14.9. The van der Waals surface area contributed by atoms with E-state index in [0.29, 0.717) is 73.3 Å². The summed E-state index contributed by atoms with van der Waals surface area (Å²) in [5.41, 5.74) is 2.82. The van der Waals surface area contributed by atoms with Gasteiger partial charge in [-0.3, -0.25) is 14.0 Å². The molecule has 0 aliphatic carbocycles. The number of carbonyl (C=O) groups excluding carboxylic acids is 2. The number of nitrogens with zero attached hydrogens (tertiary/aromatic N) is 5. The van der Waals surface area contributed by atoms with Crippen LogP contribution in [0.3, 0.4) is 0 Å². The summed E-state index contributed by atoms with van der Waals surface area (Å²) < 4.78 is 36.7. The lowest BCUT2D eigenvalue weighted by molar-refractivity contribution is -0.918. The SMILES string of the molecule is CCc1cc(Nc2nccn3c(-c4ccc(OC)c(F)c4F)cnc23)ccc1C(=O)NCCCNC(=O)C1CC[N+](C)(CC2CN(C(=O)O)C2)CC1.[I-]. The van der Waals surface area contributed by atoms with Gasteiger partial charge in [-0.25, -0.2) is 19.2 Å². The lowest BCUT2D eigenvalue weighted by atomic mass is 9.91. The van der Waals surface area contributed by atoms with Crippen LogP contribution in [0, 0.1) is 23.5 Å². The quantitative estimate of drug-likeness (QED) is 0.0904. The second kappa shape index (κ2) is 17.0. The van der Waals surface area contributed by atoms with Gasteiger partial charge >= 0.3 is 6.09 Å². The third-order valence-corrected chi connectivity index (χ3v) is 10.2. The summed E-state index contributed by atoms with van der Waals surface area (Å²) >= 11 is 0. The predicted molar refractivity (Wildman–Crippen MR) is 191 cm³/mol. The first kappa shape index (κ1) is 39.6. The molecule has 2 aliphatic rings. The smallest absolute Gasteiger partial charge is 0.407 e. The first-order valence-corrected chi connectivity index (χ1v) is 17.6. The zero-order valence-corrected chi connectivity index (χ0v) is 32.2. The highest BCUT2D eigenvalue weighted by Gasteiger charge is 2.40. The van der Waals surface area contributed by atoms with Crippen molar-refractivity contribution in [1.82, 2.24) is 29.9 Å². The van der Waals surface area contributed by atoms with Crippen LogP contribution in [-0.4, -0.2) is 107 Å². The average molecular weight is 847 g/mol. The first-order valence-electron chi connectivity index (χ1n) is 17.6. The Kier molecular flexibility index (Phi) is 12.7. The summed E-state index contributed by atoms with van der Waals surface area (Å²) in [6.07, 6.45) is 6.54. The van der Waals surface area contributed by atoms with Crippen molar-refractivity contribution in [2.75, 3.05) is 65.3 Å². The molecule has 2 aromatic heterocycles. The van der Waals surface area contributed by atoms with Crippen molar-refractivity contribution in [3.63, 3.8) is 0 Å². The van der Waals surface area contributed by atoms with Gasteiger partial charge in [0, 0.05) is 80.1 Å². The molecule has 4 N–H and O–H groups in total. The van der Waals surface area contributed by atoms with Crippen molar-refractivity contribution >= 4 is 35.1 Å². The van der Waals surface area contributed by atoms with Gasteiger partial charge < -0.3 is 59.2 Å². The number of aromatic nitrogens is 3. The Morgan fingerprint density at radius 3 is 2.47 bits per heavy atom. The number of fused-ring (bicyclic) bond motifs is 1. The number of hydrogen-bond donors (Lipinski definition) is 4. The van der Waals surface area contributed by atoms with Crippen LogP contribution in [0.1, 0.15) is 42.1 Å². The molecule has 284 valence electrons. The highest BCUT2D eigenvalue weighted by molar-refractivity contribution is 5.96. The topological polar surface area (TPSA) is 150 Å². The van der Waals surface area contributed by atoms with Crippen LogP contribution in [0.4, 0.5) is 25.1 Å². The van der Waals surface area contributed by atoms with E-state index < -0.39 is 17.7 Å². The number of carboxylic acid groups (broad SMARTS) is 1. The number of carbonyl (C=O) groups is 3. The number of halogens is 3. The van der Waals surface area contributed by atoms with Crippen molar-refractivity contribution in [2.45, 2.75) is 32.6 Å². The van der Waals surface area contributed by atoms with E-state index in [4.69, 9.17) is 9.84 Å². The molecule has 16 heteroatoms. The van der Waals surface area contributed by atoms with E-state index in [1.54, 1.807) is 22.7 Å². The highest BCUT2D eigenvalue weighted by atomic mass is 127. The number of ether oxygens (including phenoxy) is 1. The van der Waals surface area contributed by atoms with E-state index >= 15 is 0 Å². The van der Waals surface area contributed by atoms with Crippen LogP contribution in [0.5, 0.6) is 5.75 Å². The molecular weight excluding hydrogens is 801 g/mol. The van der Waals surface area contributed by atoms with Gasteiger partial charge in [0.1, 0.15) is 0 Å². The fraction of sp³-hybridized carbons (Fsp3) is 0.432. The molecule has 2 aliphatic heterocycles. The van der Waals surface area contributed by atoms with E-state index in [9.17, 15) is 23.2 Å². The number of hydrogen-bond acceptors (Lipinski definition) is 7. The molecule has 53 heavy (non-hydrogen) atoms. The van der Waals surface area contributed by atoms with Crippen LogP contribution in [0.15, 0.2) is 48.9 Å². The summed E-state index contributed by atoms with van der Waals surface area (Å²) in [7, 11) is 3.47. The molecule has 0 unspecified atom stereocenters. The normalized spacial score (nSPS) is 18.5. The number of anilines is 2. The molecule has 2 aromatic carbocycles. The monoisotopic (exact) mass is 846 g/mol. The molecular formula is C37H45F2IN8O5. The molecule has 2 fully saturated rings. The van der Waals surface area contributed by atoms with Gasteiger partial charge in [0.05, 0.1) is 45.7 Å². The number of methoxy groups -OCH3 is 1. The second-order valence-corrected chi connectivity index (χ2v) is 13.9. The second-order valence-electron chi connectivity index (χ2n) is 13.9. The Hall–Kier alpha value is -4.58. The van der Waals surface area contributed by atoms with Crippen molar-refractivity contribution in [2.24, 2.45) is 11.8 Å². The number of quaternary nitrogens is 1. The Bertz CT molecular complexity index is 1960. The first-order chi connectivity index (χ1) is 25.0. The molecule has 2 saturated heterocycles. The zero-order chi connectivity index (χ0) is 37.0. The highest BCUT2D eigenvalue weighted by Crippen LogP contribution is 2.32. The maximum absolute atomic E-state index is 14.9. The molecule has 4 aromatic rings. The summed E-state index contributed by atoms with van der Waals surface area (Å²) in [6.45, 7) is 6.76. The van der Waals surface area contributed by atoms with E-state index in [1.165, 1.54) is 36.5 Å². The molecule has 0 bridgehead atoms. The molecule has 0 saturated carbocycles. The number of likely N-dealkylation sites (tertiary alicyclic amines) is 2. The Morgan fingerprint density at radius 2 is 1.77 bits per heavy atom. The number of piperidine rings is 1. The standard InChI is InChI=1S/C37H44F2N8O5.HI/c1-4-24-18-26(44-33-34-43-19-29(46(34)15-14-40-33)28-8-9-30(52-3)32(39)31(28)38)6-7-27(24)36(49)42-13-5-12-41-35(48)25-10-16-47(2,17-11-25)22-23-20-45(21-23)37(50)51;/h6-9,14-15,18-19,23,25H,4-5,10-13,16-17,20-22H2,1-3H3,(H3-,40,41,42,44,48,49,50,51);1H. The minimum Gasteiger partial charge on any atom is -1.00 e. The van der Waals surface area contributed by atoms with Gasteiger partial charge in [-0.2, -0.15) is 4.39 Å². The minimum atomic E-state index is -1.08. The largest absolute Gasteiger partial charge is 1.00 e. The Morgan fingerprint density at radius 1 is 1.04 bits per heavy atom. The number of aryl methyl sites for hydroxylation is 1. The predicted octanol–water partition coefficient (Wildman–Crippen LogP) is 1.70. The maximum Gasteiger partial charge on any atom is 0.407 e. The Balaban J connectivity index is 0.00000541. The average Bonchev–Trinajstić information content (AvgIpc) is 3.55. The molecule has 3 amide bonds. The van der Waals surface area contributed by atoms with E-state index in [-0.39, 0.29) is 53.0 Å². The van der Waals surface area contributed by atoms with Crippen molar-refractivity contribution in [3.8, 4) is 17.0 Å². The van der Waals surface area contributed by atoms with Gasteiger partial charge in [-0.1, -0.05) is 6.92 Å². The number of benzene rings is 2. The molecule has 0 spiro atoms. The molecule has 0 radical (unpaired) electrons. The summed E-state index contributed by atoms with van der Waals surface area (Å²) in [5.74, 6) is -1.72. The van der Waals surface area contributed by atoms with Gasteiger partial charge in [-0.15, -0.1) is 0 Å². The fourth-order valence-corrected chi connectivity index (χ4v) is 7.26. The third kappa shape index (κ3) is 8.80. The van der Waals surface area contributed by atoms with E-state index in [0.717, 1.165) is 42.5 Å². The minimum absolute atomic E-state index is 0.